The van der Waals surface area contributed by atoms with E-state index >= 15 is 0 Å². The highest BCUT2D eigenvalue weighted by Gasteiger charge is 2.12. The second-order valence-corrected chi connectivity index (χ2v) is 11.6. The van der Waals surface area contributed by atoms with Crippen LogP contribution >= 0.6 is 0 Å². The van der Waals surface area contributed by atoms with Gasteiger partial charge in [-0.3, -0.25) is 0 Å². The molecule has 2 aromatic carbocycles. The lowest BCUT2D eigenvalue weighted by atomic mass is 9.93. The van der Waals surface area contributed by atoms with Crippen molar-refractivity contribution in [1.82, 2.24) is 0 Å². The van der Waals surface area contributed by atoms with E-state index in [2.05, 4.69) is 80.5 Å². The predicted octanol–water partition coefficient (Wildman–Crippen LogP) is 5.90. The van der Waals surface area contributed by atoms with E-state index in [0.717, 1.165) is 23.3 Å². The molecule has 1 nitrogen and oxygen atoms in total. The molecule has 0 saturated carbocycles. The van der Waals surface area contributed by atoms with Crippen LogP contribution in [0.1, 0.15) is 24.5 Å². The molecule has 2 heteroatoms. The summed E-state index contributed by atoms with van der Waals surface area (Å²) in [5.41, 5.74) is 8.37. The van der Waals surface area contributed by atoms with E-state index in [1.807, 2.05) is 12.1 Å². The molecule has 0 unspecified atom stereocenters. The van der Waals surface area contributed by atoms with Gasteiger partial charge in [-0.2, -0.15) is 0 Å². The van der Waals surface area contributed by atoms with Crippen LogP contribution in [0.15, 0.2) is 54.6 Å². The molecule has 0 heterocycles. The van der Waals surface area contributed by atoms with Gasteiger partial charge in [0.1, 0.15) is 13.8 Å². The quantitative estimate of drug-likeness (QED) is 0.384. The van der Waals surface area contributed by atoms with Gasteiger partial charge in [0.15, 0.2) is 0 Å². The van der Waals surface area contributed by atoms with E-state index < -0.39 is 8.07 Å². The maximum Gasteiger partial charge on any atom is 0.129 e. The highest BCUT2D eigenvalue weighted by Crippen LogP contribution is 2.29. The number of rotatable bonds is 4. The van der Waals surface area contributed by atoms with Gasteiger partial charge in [-0.25, -0.2) is 0 Å². The summed E-state index contributed by atoms with van der Waals surface area (Å²) in [4.78, 5) is 0. The van der Waals surface area contributed by atoms with E-state index in [9.17, 15) is 0 Å². The summed E-state index contributed by atoms with van der Waals surface area (Å²) in [6.45, 7) is 9.03. The Kier molecular flexibility index (Phi) is 6.06. The molecule has 0 bridgehead atoms. The number of ether oxygens (including phenoxy) is 1. The van der Waals surface area contributed by atoms with Gasteiger partial charge >= 0.3 is 0 Å². The van der Waals surface area contributed by atoms with Crippen molar-refractivity contribution >= 4 is 19.2 Å². The Bertz CT molecular complexity index is 754. The van der Waals surface area contributed by atoms with Crippen LogP contribution in [0.4, 0.5) is 0 Å². The third kappa shape index (κ3) is 4.88. The Hall–Kier alpha value is -2.24. The molecule has 2 rings (SSSR count). The monoisotopic (exact) mass is 334 g/mol. The van der Waals surface area contributed by atoms with E-state index in [-0.39, 0.29) is 0 Å². The molecule has 0 saturated heterocycles. The lowest BCUT2D eigenvalue weighted by Gasteiger charge is -2.12. The number of methoxy groups -OCH3 is 1. The fraction of sp³-hybridized carbons (Fsp3) is 0.273. The topological polar surface area (TPSA) is 9.23 Å². The summed E-state index contributed by atoms with van der Waals surface area (Å²) in [7, 11) is 0.242. The molecule has 0 fully saturated rings. The van der Waals surface area contributed by atoms with Crippen LogP contribution in [0.25, 0.3) is 11.1 Å². The second kappa shape index (κ2) is 8.03. The van der Waals surface area contributed by atoms with Gasteiger partial charge in [0, 0.05) is 5.57 Å². The molecule has 0 radical (unpaired) electrons. The summed E-state index contributed by atoms with van der Waals surface area (Å²) < 4.78 is 5.29. The third-order valence-corrected chi connectivity index (χ3v) is 4.59. The molecular formula is C22H26OSi. The average molecular weight is 335 g/mol. The van der Waals surface area contributed by atoms with Gasteiger partial charge in [0.2, 0.25) is 0 Å². The fourth-order valence-corrected chi connectivity index (χ4v) is 2.99. The smallest absolute Gasteiger partial charge is 0.129 e. The molecule has 2 aromatic rings. The Labute approximate surface area is 147 Å². The molecule has 0 aliphatic heterocycles. The number of allylic oxidation sites excluding steroid dienone is 2. The van der Waals surface area contributed by atoms with Gasteiger partial charge < -0.3 is 4.74 Å². The molecule has 0 N–H and O–H groups in total. The number of benzene rings is 2. The maximum atomic E-state index is 5.29. The summed E-state index contributed by atoms with van der Waals surface area (Å²) in [6, 6.07) is 18.8. The van der Waals surface area contributed by atoms with Crippen LogP contribution in [-0.2, 0) is 0 Å². The van der Waals surface area contributed by atoms with Crippen LogP contribution < -0.4 is 4.74 Å². The Balaban J connectivity index is 2.64. The van der Waals surface area contributed by atoms with Crippen molar-refractivity contribution in [2.24, 2.45) is 0 Å². The molecule has 0 atom stereocenters. The molecule has 24 heavy (non-hydrogen) atoms. The van der Waals surface area contributed by atoms with E-state index in [0.29, 0.717) is 0 Å². The van der Waals surface area contributed by atoms with E-state index in [1.54, 1.807) is 7.11 Å². The Morgan fingerprint density at radius 1 is 0.917 bits per heavy atom. The average Bonchev–Trinajstić information content (AvgIpc) is 2.58. The number of hydrogen-bond donors (Lipinski definition) is 0. The van der Waals surface area contributed by atoms with E-state index in [4.69, 9.17) is 4.74 Å². The fourth-order valence-electron chi connectivity index (χ4n) is 2.49. The van der Waals surface area contributed by atoms with Crippen molar-refractivity contribution in [2.45, 2.75) is 33.0 Å². The molecule has 0 spiro atoms. The summed E-state index contributed by atoms with van der Waals surface area (Å²) in [5, 5.41) is 0. The van der Waals surface area contributed by atoms with E-state index in [1.165, 1.54) is 11.1 Å². The molecule has 124 valence electrons. The Morgan fingerprint density at radius 2 is 1.54 bits per heavy atom. The molecule has 0 amide bonds. The van der Waals surface area contributed by atoms with Crippen molar-refractivity contribution < 1.29 is 4.74 Å². The Morgan fingerprint density at radius 3 is 2.04 bits per heavy atom. The summed E-state index contributed by atoms with van der Waals surface area (Å²) >= 11 is 0. The van der Waals surface area contributed by atoms with Crippen molar-refractivity contribution in [1.29, 1.82) is 0 Å². The van der Waals surface area contributed by atoms with Gasteiger partial charge in [-0.1, -0.05) is 74.9 Å². The van der Waals surface area contributed by atoms with Crippen molar-refractivity contribution in [3.8, 4) is 17.2 Å². The zero-order chi connectivity index (χ0) is 17.6. The van der Waals surface area contributed by atoms with Crippen LogP contribution in [0.5, 0.6) is 5.75 Å². The normalized spacial score (nSPS) is 12.0. The SMILES string of the molecule is CC/C(=C(/C#C[Si](C)(C)C)c1ccc(OC)cc1)c1ccccc1. The van der Waals surface area contributed by atoms with Crippen LogP contribution in [0.2, 0.25) is 19.6 Å². The zero-order valence-electron chi connectivity index (χ0n) is 15.3. The maximum absolute atomic E-state index is 5.29. The predicted molar refractivity (Wildman–Crippen MR) is 108 cm³/mol. The minimum atomic E-state index is -1.45. The van der Waals surface area contributed by atoms with Gasteiger partial charge in [0.05, 0.1) is 7.11 Å². The highest BCUT2D eigenvalue weighted by molar-refractivity contribution is 6.84. The van der Waals surface area contributed by atoms with Crippen molar-refractivity contribution in [3.63, 3.8) is 0 Å². The van der Waals surface area contributed by atoms with Gasteiger partial charge in [-0.15, -0.1) is 5.54 Å². The highest BCUT2D eigenvalue weighted by atomic mass is 28.3. The summed E-state index contributed by atoms with van der Waals surface area (Å²) in [6.07, 6.45) is 0.950. The van der Waals surface area contributed by atoms with Crippen LogP contribution in [-0.4, -0.2) is 15.2 Å². The third-order valence-electron chi connectivity index (χ3n) is 3.72. The largest absolute Gasteiger partial charge is 0.497 e. The summed E-state index contributed by atoms with van der Waals surface area (Å²) in [5.74, 6) is 4.38. The molecular weight excluding hydrogens is 308 g/mol. The first kappa shape index (κ1) is 18.1. The first-order chi connectivity index (χ1) is 11.4. The van der Waals surface area contributed by atoms with Gasteiger partial charge in [0.25, 0.3) is 0 Å². The van der Waals surface area contributed by atoms with Gasteiger partial charge in [-0.05, 0) is 35.3 Å². The molecule has 0 aromatic heterocycles. The first-order valence-corrected chi connectivity index (χ1v) is 11.9. The second-order valence-electron chi connectivity index (χ2n) is 6.80. The van der Waals surface area contributed by atoms with Crippen molar-refractivity contribution in [2.75, 3.05) is 7.11 Å². The minimum Gasteiger partial charge on any atom is -0.497 e. The standard InChI is InChI=1S/C22H26OSi/c1-6-21(18-10-8-7-9-11-18)22(16-17-24(3,4)5)19-12-14-20(23-2)15-13-19/h7-15H,6H2,1-5H3/b22-21+. The lowest BCUT2D eigenvalue weighted by Crippen LogP contribution is -2.16. The first-order valence-electron chi connectivity index (χ1n) is 8.41. The zero-order valence-corrected chi connectivity index (χ0v) is 16.3. The van der Waals surface area contributed by atoms with Crippen LogP contribution in [0, 0.1) is 11.5 Å². The van der Waals surface area contributed by atoms with Crippen LogP contribution in [0.3, 0.4) is 0 Å². The number of hydrogen-bond acceptors (Lipinski definition) is 1. The lowest BCUT2D eigenvalue weighted by molar-refractivity contribution is 0.415. The minimum absolute atomic E-state index is 0.869. The molecule has 0 aliphatic rings. The molecule has 0 aliphatic carbocycles. The van der Waals surface area contributed by atoms with Crippen molar-refractivity contribution in [3.05, 3.63) is 65.7 Å².